The summed E-state index contributed by atoms with van der Waals surface area (Å²) in [6, 6.07) is 0. The van der Waals surface area contributed by atoms with Gasteiger partial charge < -0.3 is 4.43 Å². The van der Waals surface area contributed by atoms with Crippen LogP contribution < -0.4 is 0 Å². The average Bonchev–Trinajstić information content (AvgIpc) is 1.81. The molecule has 6 heteroatoms. The fourth-order valence-corrected chi connectivity index (χ4v) is 0.302. The highest BCUT2D eigenvalue weighted by molar-refractivity contribution is 6.18. The van der Waals surface area contributed by atoms with Gasteiger partial charge in [0.2, 0.25) is 0 Å². The Bertz CT molecular complexity index is 108. The van der Waals surface area contributed by atoms with Gasteiger partial charge >= 0.3 is 16.3 Å². The molecule has 0 rings (SSSR count). The molecule has 0 aromatic rings. The van der Waals surface area contributed by atoms with E-state index in [4.69, 9.17) is 10.5 Å². The molecule has 0 aliphatic rings. The molecular weight excluding hydrogens is 128 g/mol. The molecule has 0 amide bonds. The van der Waals surface area contributed by atoms with Gasteiger partial charge in [0.15, 0.2) is 0 Å². The zero-order valence-corrected chi connectivity index (χ0v) is 5.24. The zero-order chi connectivity index (χ0) is 6.24. The molecule has 42 valence electrons. The van der Waals surface area contributed by atoms with Gasteiger partial charge in [-0.25, -0.2) is 0 Å². The summed E-state index contributed by atoms with van der Waals surface area (Å²) < 4.78 is 8.14. The van der Waals surface area contributed by atoms with E-state index in [1.807, 2.05) is 0 Å². The van der Waals surface area contributed by atoms with Crippen LogP contribution in [0.1, 0.15) is 0 Å². The van der Waals surface area contributed by atoms with Crippen LogP contribution in [0.3, 0.4) is 0 Å². The van der Waals surface area contributed by atoms with E-state index in [0.717, 1.165) is 0 Å². The van der Waals surface area contributed by atoms with E-state index in [1.54, 1.807) is 0 Å². The van der Waals surface area contributed by atoms with E-state index >= 15 is 0 Å². The van der Waals surface area contributed by atoms with Gasteiger partial charge in [-0.05, 0) is 0 Å². The van der Waals surface area contributed by atoms with Crippen LogP contribution >= 0.6 is 0 Å². The van der Waals surface area contributed by atoms with Crippen molar-refractivity contribution in [3.63, 3.8) is 0 Å². The highest BCUT2D eigenvalue weighted by Crippen LogP contribution is 1.70. The van der Waals surface area contributed by atoms with Crippen molar-refractivity contribution in [1.82, 2.24) is 0 Å². The Morgan fingerprint density at radius 3 is 2.50 bits per heavy atom. The lowest BCUT2D eigenvalue weighted by Gasteiger charge is -1.89. The van der Waals surface area contributed by atoms with E-state index in [2.05, 4.69) is 13.9 Å². The van der Waals surface area contributed by atoms with Gasteiger partial charge in [0, 0.05) is 0 Å². The Kier molecular flexibility index (Phi) is 4.86. The third kappa shape index (κ3) is 4.76. The molecule has 0 heterocycles. The molecule has 0 aromatic carbocycles. The lowest BCUT2D eigenvalue weighted by Crippen LogP contribution is -1.97. The molecule has 0 spiro atoms. The molecule has 0 aromatic heterocycles. The molecule has 0 radical (unpaired) electrons. The van der Waals surface area contributed by atoms with E-state index in [0.29, 0.717) is 0 Å². The minimum atomic E-state index is -1.41. The van der Waals surface area contributed by atoms with Crippen LogP contribution in [0.15, 0.2) is 0 Å². The van der Waals surface area contributed by atoms with Crippen molar-refractivity contribution >= 4 is 10.0 Å². The second-order valence-corrected chi connectivity index (χ2v) is 1.41. The number of nitrogens with zero attached hydrogens (tertiary/aromatic N) is 2. The van der Waals surface area contributed by atoms with Gasteiger partial charge in [-0.15, -0.1) is 5.26 Å². The Morgan fingerprint density at radius 1 is 1.25 bits per heavy atom. The number of rotatable bonds is 3. The molecule has 0 saturated heterocycles. The van der Waals surface area contributed by atoms with Gasteiger partial charge in [-0.2, -0.15) is 9.84 Å². The molecule has 0 N–H and O–H groups in total. The molecular formula is C2H2N2O3Si. The summed E-state index contributed by atoms with van der Waals surface area (Å²) in [5.74, 6) is 0. The van der Waals surface area contributed by atoms with Crippen molar-refractivity contribution < 1.29 is 13.9 Å². The van der Waals surface area contributed by atoms with Gasteiger partial charge in [0.25, 0.3) is 6.26 Å². The first-order valence-corrected chi connectivity index (χ1v) is 2.75. The van der Waals surface area contributed by atoms with E-state index in [1.165, 1.54) is 12.5 Å². The van der Waals surface area contributed by atoms with Gasteiger partial charge in [-0.3, -0.25) is 4.89 Å². The van der Waals surface area contributed by atoms with Crippen molar-refractivity contribution in [1.29, 1.82) is 10.5 Å². The summed E-state index contributed by atoms with van der Waals surface area (Å²) in [6.45, 7) is 0. The summed E-state index contributed by atoms with van der Waals surface area (Å²) in [7, 11) is -1.41. The number of nitriles is 2. The second kappa shape index (κ2) is 5.76. The summed E-state index contributed by atoms with van der Waals surface area (Å²) in [5, 5.41) is 15.4. The van der Waals surface area contributed by atoms with Crippen molar-refractivity contribution in [2.24, 2.45) is 0 Å². The topological polar surface area (TPSA) is 75.3 Å². The van der Waals surface area contributed by atoms with Crippen LogP contribution in [-0.2, 0) is 13.9 Å². The van der Waals surface area contributed by atoms with Crippen molar-refractivity contribution in [2.45, 2.75) is 0 Å². The number of hydrogen-bond acceptors (Lipinski definition) is 5. The molecule has 0 atom stereocenters. The SMILES string of the molecule is N#COO[SiH2]OC#N. The Balaban J connectivity index is 2.77. The molecule has 5 nitrogen and oxygen atoms in total. The van der Waals surface area contributed by atoms with Crippen molar-refractivity contribution in [2.75, 3.05) is 0 Å². The zero-order valence-electron chi connectivity index (χ0n) is 3.83. The maximum Gasteiger partial charge on any atom is 0.430 e. The average molecular weight is 130 g/mol. The normalized spacial score (nSPS) is 7.75. The minimum absolute atomic E-state index is 1.25. The van der Waals surface area contributed by atoms with Crippen molar-refractivity contribution in [3.8, 4) is 12.5 Å². The highest BCUT2D eigenvalue weighted by Gasteiger charge is 1.84. The molecule has 0 aliphatic carbocycles. The maximum atomic E-state index is 7.71. The Hall–Kier alpha value is -1.24. The first-order valence-electron chi connectivity index (χ1n) is 1.60. The molecule has 0 aliphatic heterocycles. The van der Waals surface area contributed by atoms with E-state index in [-0.39, 0.29) is 0 Å². The van der Waals surface area contributed by atoms with E-state index < -0.39 is 10.0 Å². The van der Waals surface area contributed by atoms with Crippen LogP contribution in [0.4, 0.5) is 0 Å². The monoisotopic (exact) mass is 130 g/mol. The van der Waals surface area contributed by atoms with E-state index in [9.17, 15) is 0 Å². The molecule has 0 unspecified atom stereocenters. The van der Waals surface area contributed by atoms with Crippen LogP contribution in [0, 0.1) is 23.0 Å². The molecule has 0 saturated carbocycles. The summed E-state index contributed by atoms with van der Waals surface area (Å²) >= 11 is 0. The molecule has 8 heavy (non-hydrogen) atoms. The standard InChI is InChI=1S/C2H2N2O3Si/c3-1-5-7-8-6-2-4/h8H2. The smallest absolute Gasteiger partial charge is 0.430 e. The predicted octanol–water partition coefficient (Wildman–Crippen LogP) is -1.09. The third-order valence-electron chi connectivity index (χ3n) is 0.268. The fourth-order valence-electron chi connectivity index (χ4n) is 0.101. The lowest BCUT2D eigenvalue weighted by atomic mass is 11.6. The van der Waals surface area contributed by atoms with Crippen LogP contribution in [-0.4, -0.2) is 10.0 Å². The minimum Gasteiger partial charge on any atom is -0.456 e. The van der Waals surface area contributed by atoms with Gasteiger partial charge in [-0.1, -0.05) is 0 Å². The second-order valence-electron chi connectivity index (χ2n) is 0.646. The Labute approximate surface area is 48.0 Å². The van der Waals surface area contributed by atoms with Gasteiger partial charge in [0.05, 0.1) is 0 Å². The van der Waals surface area contributed by atoms with Crippen LogP contribution in [0.2, 0.25) is 0 Å². The summed E-state index contributed by atoms with van der Waals surface area (Å²) in [6.07, 6.45) is 2.62. The quantitative estimate of drug-likeness (QED) is 0.159. The molecule has 0 bridgehead atoms. The van der Waals surface area contributed by atoms with Crippen LogP contribution in [0.25, 0.3) is 0 Å². The summed E-state index contributed by atoms with van der Waals surface area (Å²) in [5.41, 5.74) is 0. The number of hydrogen-bond donors (Lipinski definition) is 0. The van der Waals surface area contributed by atoms with Gasteiger partial charge in [0.1, 0.15) is 0 Å². The maximum absolute atomic E-state index is 7.71. The Morgan fingerprint density at radius 2 is 2.00 bits per heavy atom. The third-order valence-corrected chi connectivity index (χ3v) is 0.729. The first-order chi connectivity index (χ1) is 3.91. The predicted molar refractivity (Wildman–Crippen MR) is 23.0 cm³/mol. The van der Waals surface area contributed by atoms with Crippen molar-refractivity contribution in [3.05, 3.63) is 0 Å². The highest BCUT2D eigenvalue weighted by atomic mass is 28.3. The van der Waals surface area contributed by atoms with Crippen LogP contribution in [0.5, 0.6) is 0 Å². The summed E-state index contributed by atoms with van der Waals surface area (Å²) in [4.78, 5) is 3.73. The first kappa shape index (κ1) is 6.76. The molecule has 0 fully saturated rings. The lowest BCUT2D eigenvalue weighted by molar-refractivity contribution is -0.147. The fraction of sp³-hybridized carbons (Fsp3) is 0. The largest absolute Gasteiger partial charge is 0.456 e.